The lowest BCUT2D eigenvalue weighted by Crippen LogP contribution is -2.74. The molecule has 0 N–H and O–H groups in total. The van der Waals surface area contributed by atoms with Crippen LogP contribution in [-0.2, 0) is 4.79 Å². The number of carbonyl (C=O) groups is 1. The first-order chi connectivity index (χ1) is 11.2. The molecule has 1 aliphatic rings. The molecule has 2 unspecified atom stereocenters. The van der Waals surface area contributed by atoms with Gasteiger partial charge in [-0.2, -0.15) is 35.1 Å². The van der Waals surface area contributed by atoms with Crippen LogP contribution in [0.25, 0.3) is 0 Å². The molecule has 1 fully saturated rings. The van der Waals surface area contributed by atoms with Crippen molar-refractivity contribution in [2.75, 3.05) is 6.67 Å². The molecule has 0 spiro atoms. The van der Waals surface area contributed by atoms with Crippen molar-refractivity contribution in [3.8, 4) is 0 Å². The molecular weight excluding hydrogens is 414 g/mol. The van der Waals surface area contributed by atoms with E-state index in [1.807, 2.05) is 0 Å². The summed E-state index contributed by atoms with van der Waals surface area (Å²) >= 11 is 0. The van der Waals surface area contributed by atoms with Gasteiger partial charge in [0.2, 0.25) is 5.67 Å². The van der Waals surface area contributed by atoms with Crippen LogP contribution in [0, 0.1) is 5.41 Å². The molecule has 0 aromatic heterocycles. The first kappa shape index (κ1) is 22.7. The van der Waals surface area contributed by atoms with Gasteiger partial charge in [-0.3, -0.25) is 4.79 Å². The number of rotatable bonds is 4. The molecule has 0 bridgehead atoms. The highest BCUT2D eigenvalue weighted by molar-refractivity contribution is 5.79. The van der Waals surface area contributed by atoms with Crippen LogP contribution in [0.2, 0.25) is 0 Å². The van der Waals surface area contributed by atoms with Crippen LogP contribution < -0.4 is 0 Å². The van der Waals surface area contributed by atoms with Gasteiger partial charge in [-0.15, -0.1) is 0 Å². The topological polar surface area (TPSA) is 17.1 Å². The zero-order valence-corrected chi connectivity index (χ0v) is 11.8. The third kappa shape index (κ3) is 2.55. The van der Waals surface area contributed by atoms with Crippen molar-refractivity contribution in [3.05, 3.63) is 0 Å². The average Bonchev–Trinajstić information content (AvgIpc) is 2.39. The SMILES string of the molecule is O=C(F)C1(C(F)(F)C(F)(F)C(F)(F)F)CC(F)(CF)C(F)(F)CC1(F)F. The van der Waals surface area contributed by atoms with E-state index in [-0.39, 0.29) is 0 Å². The van der Waals surface area contributed by atoms with Crippen molar-refractivity contribution in [1.29, 1.82) is 0 Å². The van der Waals surface area contributed by atoms with Crippen molar-refractivity contribution < 1.29 is 66.3 Å². The van der Waals surface area contributed by atoms with Crippen molar-refractivity contribution in [3.63, 3.8) is 0 Å². The molecule has 0 saturated heterocycles. The Bertz CT molecular complexity index is 580. The number of hydrogen-bond acceptors (Lipinski definition) is 1. The largest absolute Gasteiger partial charge is 0.459 e. The van der Waals surface area contributed by atoms with Crippen LogP contribution in [0.3, 0.4) is 0 Å². The summed E-state index contributed by atoms with van der Waals surface area (Å²) in [4.78, 5) is 10.7. The van der Waals surface area contributed by atoms with Gasteiger partial charge < -0.3 is 0 Å². The first-order valence-electron chi connectivity index (χ1n) is 6.20. The zero-order chi connectivity index (χ0) is 21.2. The van der Waals surface area contributed by atoms with Crippen LogP contribution in [0.4, 0.5) is 61.5 Å². The maximum Gasteiger partial charge on any atom is 0.459 e. The second-order valence-electron chi connectivity index (χ2n) is 5.69. The third-order valence-corrected chi connectivity index (χ3v) is 4.10. The van der Waals surface area contributed by atoms with Crippen LogP contribution in [0.1, 0.15) is 12.8 Å². The van der Waals surface area contributed by atoms with E-state index >= 15 is 0 Å². The highest BCUT2D eigenvalue weighted by Crippen LogP contribution is 2.68. The maximum atomic E-state index is 13.9. The Labute approximate surface area is 134 Å². The second kappa shape index (κ2) is 5.59. The molecule has 2 atom stereocenters. The van der Waals surface area contributed by atoms with E-state index in [1.165, 1.54) is 0 Å². The van der Waals surface area contributed by atoms with Crippen LogP contribution >= 0.6 is 0 Å². The summed E-state index contributed by atoms with van der Waals surface area (Å²) in [5, 5.41) is 0. The van der Waals surface area contributed by atoms with Gasteiger partial charge in [0.25, 0.3) is 11.8 Å². The van der Waals surface area contributed by atoms with Gasteiger partial charge in [0.05, 0.1) is 6.42 Å². The summed E-state index contributed by atoms with van der Waals surface area (Å²) in [6, 6.07) is -4.33. The van der Waals surface area contributed by atoms with Crippen molar-refractivity contribution >= 4 is 6.04 Å². The Kier molecular flexibility index (Phi) is 4.89. The normalized spacial score (nSPS) is 32.4. The smallest absolute Gasteiger partial charge is 0.260 e. The van der Waals surface area contributed by atoms with Gasteiger partial charge in [0, 0.05) is 6.42 Å². The number of hydrogen-bond donors (Lipinski definition) is 0. The lowest BCUT2D eigenvalue weighted by atomic mass is 9.60. The highest BCUT2D eigenvalue weighted by atomic mass is 19.4. The van der Waals surface area contributed by atoms with E-state index in [4.69, 9.17) is 0 Å². The Morgan fingerprint density at radius 1 is 0.808 bits per heavy atom. The van der Waals surface area contributed by atoms with Crippen molar-refractivity contribution in [2.45, 2.75) is 48.4 Å². The fourth-order valence-corrected chi connectivity index (χ4v) is 2.54. The molecule has 1 nitrogen and oxygen atoms in total. The summed E-state index contributed by atoms with van der Waals surface area (Å²) in [6.45, 7) is -3.15. The predicted octanol–water partition coefficient (Wildman–Crippen LogP) is 5.04. The number of halogens is 14. The number of carbonyl (C=O) groups excluding carboxylic acids is 1. The zero-order valence-electron chi connectivity index (χ0n) is 11.8. The third-order valence-electron chi connectivity index (χ3n) is 4.10. The quantitative estimate of drug-likeness (QED) is 0.460. The monoisotopic (exact) mass is 420 g/mol. The standard InChI is InChI=1S/C11H6F14O/c12-3-5(14)1-6(4(13)26,8(17,18)2-7(5,15)16)9(19,20)10(21,22)11(23,24)25/h1-3H2. The predicted molar refractivity (Wildman–Crippen MR) is 53.4 cm³/mol. The summed E-state index contributed by atoms with van der Waals surface area (Å²) in [5.74, 6) is -26.9. The number of alkyl halides is 13. The summed E-state index contributed by atoms with van der Waals surface area (Å²) in [7, 11) is 0. The molecule has 1 saturated carbocycles. The molecule has 0 aromatic carbocycles. The molecule has 0 aliphatic heterocycles. The summed E-state index contributed by atoms with van der Waals surface area (Å²) in [6.07, 6.45) is -14.6. The fourth-order valence-electron chi connectivity index (χ4n) is 2.54. The van der Waals surface area contributed by atoms with Crippen LogP contribution in [0.5, 0.6) is 0 Å². The molecule has 154 valence electrons. The minimum atomic E-state index is -7.57. The molecular formula is C11H6F14O. The average molecular weight is 420 g/mol. The molecule has 0 aromatic rings. The van der Waals surface area contributed by atoms with E-state index in [1.54, 1.807) is 0 Å². The molecule has 26 heavy (non-hydrogen) atoms. The summed E-state index contributed by atoms with van der Waals surface area (Å²) < 4.78 is 184. The fraction of sp³-hybridized carbons (Fsp3) is 0.909. The first-order valence-corrected chi connectivity index (χ1v) is 6.20. The molecule has 15 heteroatoms. The Hall–Kier alpha value is -1.31. The molecule has 0 heterocycles. The second-order valence-corrected chi connectivity index (χ2v) is 5.69. The minimum Gasteiger partial charge on any atom is -0.260 e. The van der Waals surface area contributed by atoms with Gasteiger partial charge in [0.15, 0.2) is 5.41 Å². The Morgan fingerprint density at radius 3 is 1.54 bits per heavy atom. The lowest BCUT2D eigenvalue weighted by Gasteiger charge is -2.52. The van der Waals surface area contributed by atoms with E-state index in [0.29, 0.717) is 0 Å². The molecule has 1 aliphatic carbocycles. The van der Waals surface area contributed by atoms with E-state index in [0.717, 1.165) is 0 Å². The maximum absolute atomic E-state index is 13.9. The van der Waals surface area contributed by atoms with Gasteiger partial charge in [-0.1, -0.05) is 0 Å². The van der Waals surface area contributed by atoms with Crippen LogP contribution in [0.15, 0.2) is 0 Å². The summed E-state index contributed by atoms with van der Waals surface area (Å²) in [5.41, 5.74) is -11.5. The van der Waals surface area contributed by atoms with Crippen molar-refractivity contribution in [2.24, 2.45) is 5.41 Å². The van der Waals surface area contributed by atoms with Gasteiger partial charge in [-0.25, -0.2) is 26.3 Å². The van der Waals surface area contributed by atoms with E-state index in [9.17, 15) is 66.3 Å². The van der Waals surface area contributed by atoms with Crippen LogP contribution in [-0.4, -0.2) is 48.2 Å². The molecule has 0 amide bonds. The Balaban J connectivity index is 3.85. The van der Waals surface area contributed by atoms with Gasteiger partial charge in [0.1, 0.15) is 6.67 Å². The van der Waals surface area contributed by atoms with Gasteiger partial charge >= 0.3 is 24.1 Å². The lowest BCUT2D eigenvalue weighted by molar-refractivity contribution is -0.409. The van der Waals surface area contributed by atoms with Crippen molar-refractivity contribution in [1.82, 2.24) is 0 Å². The van der Waals surface area contributed by atoms with E-state index < -0.39 is 66.5 Å². The molecule has 0 radical (unpaired) electrons. The molecule has 1 rings (SSSR count). The van der Waals surface area contributed by atoms with Gasteiger partial charge in [-0.05, 0) is 0 Å². The Morgan fingerprint density at radius 2 is 1.23 bits per heavy atom. The minimum absolute atomic E-state index is 3.15. The highest BCUT2D eigenvalue weighted by Gasteiger charge is 2.91. The van der Waals surface area contributed by atoms with E-state index in [2.05, 4.69) is 0 Å².